The van der Waals surface area contributed by atoms with E-state index in [-0.39, 0.29) is 6.42 Å². The highest BCUT2D eigenvalue weighted by Crippen LogP contribution is 2.40. The van der Waals surface area contributed by atoms with Gasteiger partial charge in [-0.2, -0.15) is 0 Å². The monoisotopic (exact) mass is 173 g/mol. The molecular weight excluding hydrogens is 164 g/mol. The first-order valence-corrected chi connectivity index (χ1v) is 3.83. The molecule has 2 rings (SSSR count). The van der Waals surface area contributed by atoms with E-state index in [9.17, 15) is 13.9 Å². The van der Waals surface area contributed by atoms with E-state index in [4.69, 9.17) is 0 Å². The SMILES string of the molecule is OC1c2cc[nH]c2CCC1(F)F. The Kier molecular flexibility index (Phi) is 1.48. The van der Waals surface area contributed by atoms with Crippen LogP contribution in [-0.4, -0.2) is 16.0 Å². The molecule has 1 aliphatic rings. The molecule has 4 heteroatoms. The van der Waals surface area contributed by atoms with Gasteiger partial charge in [0.05, 0.1) is 0 Å². The number of hydrogen-bond acceptors (Lipinski definition) is 1. The molecular formula is C8H9F2NO. The van der Waals surface area contributed by atoms with Crippen LogP contribution in [0.15, 0.2) is 12.3 Å². The lowest BCUT2D eigenvalue weighted by Crippen LogP contribution is -2.31. The van der Waals surface area contributed by atoms with Gasteiger partial charge >= 0.3 is 0 Å². The van der Waals surface area contributed by atoms with Crippen molar-refractivity contribution in [3.8, 4) is 0 Å². The zero-order chi connectivity index (χ0) is 8.77. The van der Waals surface area contributed by atoms with Crippen LogP contribution >= 0.6 is 0 Å². The number of aliphatic hydroxyl groups excluding tert-OH is 1. The first kappa shape index (κ1) is 7.73. The van der Waals surface area contributed by atoms with Crippen molar-refractivity contribution in [3.63, 3.8) is 0 Å². The zero-order valence-corrected chi connectivity index (χ0v) is 6.35. The maximum absolute atomic E-state index is 12.9. The molecule has 1 atom stereocenters. The van der Waals surface area contributed by atoms with Crippen LogP contribution in [0.3, 0.4) is 0 Å². The molecule has 66 valence electrons. The van der Waals surface area contributed by atoms with Crippen molar-refractivity contribution in [2.24, 2.45) is 0 Å². The molecule has 0 aliphatic heterocycles. The van der Waals surface area contributed by atoms with Crippen molar-refractivity contribution in [2.75, 3.05) is 0 Å². The summed E-state index contributed by atoms with van der Waals surface area (Å²) in [5, 5.41) is 9.21. The van der Waals surface area contributed by atoms with Crippen LogP contribution in [0.5, 0.6) is 0 Å². The Morgan fingerprint density at radius 2 is 2.33 bits per heavy atom. The predicted molar refractivity (Wildman–Crippen MR) is 39.0 cm³/mol. The second-order valence-corrected chi connectivity index (χ2v) is 3.08. The van der Waals surface area contributed by atoms with Gasteiger partial charge in [-0.3, -0.25) is 0 Å². The lowest BCUT2D eigenvalue weighted by atomic mass is 9.92. The Morgan fingerprint density at radius 1 is 1.58 bits per heavy atom. The first-order valence-electron chi connectivity index (χ1n) is 3.83. The standard InChI is InChI=1S/C8H9F2NO/c9-8(10)3-1-6-5(7(8)12)2-4-11-6/h2,4,7,11-12H,1,3H2. The number of aromatic amines is 1. The maximum Gasteiger partial charge on any atom is 0.278 e. The van der Waals surface area contributed by atoms with Gasteiger partial charge < -0.3 is 10.1 Å². The van der Waals surface area contributed by atoms with Crippen LogP contribution in [0.4, 0.5) is 8.78 Å². The van der Waals surface area contributed by atoms with Crippen LogP contribution in [0.2, 0.25) is 0 Å². The molecule has 0 aromatic carbocycles. The van der Waals surface area contributed by atoms with Crippen LogP contribution in [0.1, 0.15) is 23.8 Å². The van der Waals surface area contributed by atoms with Gasteiger partial charge in [0.2, 0.25) is 0 Å². The normalized spacial score (nSPS) is 26.8. The molecule has 1 aromatic rings. The molecule has 1 unspecified atom stereocenters. The van der Waals surface area contributed by atoms with E-state index in [0.29, 0.717) is 12.0 Å². The third-order valence-electron chi connectivity index (χ3n) is 2.27. The molecule has 2 nitrogen and oxygen atoms in total. The third kappa shape index (κ3) is 0.948. The predicted octanol–water partition coefficient (Wildman–Crippen LogP) is 1.63. The van der Waals surface area contributed by atoms with E-state index in [1.807, 2.05) is 0 Å². The van der Waals surface area contributed by atoms with Crippen LogP contribution < -0.4 is 0 Å². The molecule has 0 amide bonds. The van der Waals surface area contributed by atoms with Gasteiger partial charge in [0.1, 0.15) is 6.10 Å². The Labute approximate surface area is 68.2 Å². The summed E-state index contributed by atoms with van der Waals surface area (Å²) in [4.78, 5) is 2.83. The summed E-state index contributed by atoms with van der Waals surface area (Å²) in [6, 6.07) is 1.51. The number of alkyl halides is 2. The van der Waals surface area contributed by atoms with Gasteiger partial charge in [-0.25, -0.2) is 8.78 Å². The topological polar surface area (TPSA) is 36.0 Å². The zero-order valence-electron chi connectivity index (χ0n) is 6.35. The fourth-order valence-electron chi connectivity index (χ4n) is 1.54. The lowest BCUT2D eigenvalue weighted by molar-refractivity contribution is -0.121. The minimum Gasteiger partial charge on any atom is -0.382 e. The van der Waals surface area contributed by atoms with E-state index in [0.717, 1.165) is 5.69 Å². The van der Waals surface area contributed by atoms with Crippen LogP contribution in [0.25, 0.3) is 0 Å². The molecule has 1 aromatic heterocycles. The van der Waals surface area contributed by atoms with Gasteiger partial charge in [-0.15, -0.1) is 0 Å². The molecule has 1 aliphatic carbocycles. The summed E-state index contributed by atoms with van der Waals surface area (Å²) in [6.07, 6.45) is -0.0175. The Morgan fingerprint density at radius 3 is 3.08 bits per heavy atom. The van der Waals surface area contributed by atoms with E-state index in [1.54, 1.807) is 6.20 Å². The number of aryl methyl sites for hydroxylation is 1. The first-order chi connectivity index (χ1) is 5.61. The highest BCUT2D eigenvalue weighted by Gasteiger charge is 2.43. The summed E-state index contributed by atoms with van der Waals surface area (Å²) in [6.45, 7) is 0. The molecule has 0 saturated carbocycles. The minimum atomic E-state index is -2.96. The van der Waals surface area contributed by atoms with E-state index in [1.165, 1.54) is 6.07 Å². The number of H-pyrrole nitrogens is 1. The third-order valence-corrected chi connectivity index (χ3v) is 2.27. The van der Waals surface area contributed by atoms with Crippen molar-refractivity contribution < 1.29 is 13.9 Å². The van der Waals surface area contributed by atoms with Gasteiger partial charge in [0.15, 0.2) is 0 Å². The highest BCUT2D eigenvalue weighted by molar-refractivity contribution is 5.28. The highest BCUT2D eigenvalue weighted by atomic mass is 19.3. The number of rotatable bonds is 0. The summed E-state index contributed by atoms with van der Waals surface area (Å²) in [5.41, 5.74) is 1.07. The molecule has 0 radical (unpaired) electrons. The van der Waals surface area contributed by atoms with Gasteiger partial charge in [-0.05, 0) is 12.5 Å². The number of halogens is 2. The number of nitrogens with one attached hydrogen (secondary N) is 1. The number of aromatic nitrogens is 1. The fraction of sp³-hybridized carbons (Fsp3) is 0.500. The quantitative estimate of drug-likeness (QED) is 0.614. The van der Waals surface area contributed by atoms with Crippen molar-refractivity contribution in [2.45, 2.75) is 24.9 Å². The number of aliphatic hydroxyl groups is 1. The minimum absolute atomic E-state index is 0.276. The molecule has 0 fully saturated rings. The molecule has 1 heterocycles. The average Bonchev–Trinajstić information content (AvgIpc) is 2.45. The largest absolute Gasteiger partial charge is 0.382 e. The summed E-state index contributed by atoms with van der Waals surface area (Å²) < 4.78 is 25.8. The van der Waals surface area contributed by atoms with E-state index < -0.39 is 12.0 Å². The molecule has 0 saturated heterocycles. The van der Waals surface area contributed by atoms with Gasteiger partial charge in [0, 0.05) is 23.9 Å². The van der Waals surface area contributed by atoms with Gasteiger partial charge in [0.25, 0.3) is 5.92 Å². The van der Waals surface area contributed by atoms with Crippen molar-refractivity contribution in [3.05, 3.63) is 23.5 Å². The van der Waals surface area contributed by atoms with Crippen molar-refractivity contribution in [1.29, 1.82) is 0 Å². The molecule has 12 heavy (non-hydrogen) atoms. The summed E-state index contributed by atoms with van der Waals surface area (Å²) in [7, 11) is 0. The second-order valence-electron chi connectivity index (χ2n) is 3.08. The van der Waals surface area contributed by atoms with E-state index >= 15 is 0 Å². The fourth-order valence-corrected chi connectivity index (χ4v) is 1.54. The van der Waals surface area contributed by atoms with E-state index in [2.05, 4.69) is 4.98 Å². The Balaban J connectivity index is 2.42. The molecule has 0 bridgehead atoms. The smallest absolute Gasteiger partial charge is 0.278 e. The average molecular weight is 173 g/mol. The van der Waals surface area contributed by atoms with Crippen LogP contribution in [-0.2, 0) is 6.42 Å². The van der Waals surface area contributed by atoms with Crippen molar-refractivity contribution in [1.82, 2.24) is 4.98 Å². The Bertz CT molecular complexity index is 295. The van der Waals surface area contributed by atoms with Crippen LogP contribution in [0, 0.1) is 0 Å². The van der Waals surface area contributed by atoms with Gasteiger partial charge in [-0.1, -0.05) is 0 Å². The number of fused-ring (bicyclic) bond motifs is 1. The summed E-state index contributed by atoms with van der Waals surface area (Å²) >= 11 is 0. The summed E-state index contributed by atoms with van der Waals surface area (Å²) in [5.74, 6) is -2.96. The molecule has 0 spiro atoms. The van der Waals surface area contributed by atoms with Crippen molar-refractivity contribution >= 4 is 0 Å². The molecule has 2 N–H and O–H groups in total. The lowest BCUT2D eigenvalue weighted by Gasteiger charge is -2.27. The second kappa shape index (κ2) is 2.29. The number of hydrogen-bond donors (Lipinski definition) is 2. The Hall–Kier alpha value is -0.900. The maximum atomic E-state index is 12.9.